The molecule has 0 aromatic heterocycles. The van der Waals surface area contributed by atoms with Crippen molar-refractivity contribution in [2.24, 2.45) is 11.3 Å². The van der Waals surface area contributed by atoms with Gasteiger partial charge in [-0.25, -0.2) is 0 Å². The van der Waals surface area contributed by atoms with Gasteiger partial charge in [-0.2, -0.15) is 0 Å². The van der Waals surface area contributed by atoms with Gasteiger partial charge >= 0.3 is 0 Å². The van der Waals surface area contributed by atoms with Crippen LogP contribution in [0.1, 0.15) is 44.9 Å². The van der Waals surface area contributed by atoms with Crippen molar-refractivity contribution in [2.45, 2.75) is 57.1 Å². The molecule has 92 valence electrons. The minimum atomic E-state index is -0.970. The van der Waals surface area contributed by atoms with E-state index >= 15 is 0 Å². The second kappa shape index (κ2) is 4.34. The van der Waals surface area contributed by atoms with Crippen molar-refractivity contribution in [2.75, 3.05) is 0 Å². The van der Waals surface area contributed by atoms with E-state index in [1.807, 2.05) is 0 Å². The summed E-state index contributed by atoms with van der Waals surface area (Å²) in [6, 6.07) is 0.0850. The molecule has 0 saturated heterocycles. The standard InChI is InChI=1S/C12H21NO3/c13-11-10(16)8-3-6-12(11,7-4-8)5-1-2-9(14)15/h8,10-11,16H,1-7,13H2,(H,14,15). The number of fused-ring (bicyclic) bond motifs is 3. The number of hydrogen-bond acceptors (Lipinski definition) is 3. The van der Waals surface area contributed by atoms with Crippen molar-refractivity contribution in [3.63, 3.8) is 0 Å². The zero-order valence-corrected chi connectivity index (χ0v) is 9.65. The molecule has 3 saturated carbocycles. The molecule has 3 fully saturated rings. The van der Waals surface area contributed by atoms with Crippen molar-refractivity contribution >= 4 is 5.97 Å². The molecular weight excluding hydrogens is 206 g/mol. The maximum Gasteiger partial charge on any atom is 0.117 e. The van der Waals surface area contributed by atoms with E-state index in [2.05, 4.69) is 5.73 Å². The number of carboxylic acids is 1. The third kappa shape index (κ3) is 1.96. The van der Waals surface area contributed by atoms with E-state index in [1.54, 1.807) is 0 Å². The predicted octanol–water partition coefficient (Wildman–Crippen LogP) is -0.932. The SMILES string of the molecule is [NH3+]C1C(O)C2CCC1(CCCC(=O)[O-])CC2. The highest BCUT2D eigenvalue weighted by Gasteiger charge is 2.53. The van der Waals surface area contributed by atoms with Gasteiger partial charge in [-0.1, -0.05) is 0 Å². The van der Waals surface area contributed by atoms with Crippen molar-refractivity contribution in [3.05, 3.63) is 0 Å². The molecule has 2 atom stereocenters. The largest absolute Gasteiger partial charge is 0.550 e. The fourth-order valence-electron chi connectivity index (χ4n) is 3.64. The third-order valence-corrected chi connectivity index (χ3v) is 4.76. The minimum absolute atomic E-state index is 0.0850. The predicted molar refractivity (Wildman–Crippen MR) is 55.9 cm³/mol. The van der Waals surface area contributed by atoms with Gasteiger partial charge in [-0.15, -0.1) is 0 Å². The van der Waals surface area contributed by atoms with Crippen molar-refractivity contribution in [1.29, 1.82) is 0 Å². The number of quaternary nitrogens is 1. The topological polar surface area (TPSA) is 88.0 Å². The number of aliphatic hydroxyl groups excluding tert-OH is 1. The monoisotopic (exact) mass is 227 g/mol. The highest BCUT2D eigenvalue weighted by molar-refractivity contribution is 5.64. The zero-order chi connectivity index (χ0) is 11.8. The molecule has 0 aromatic rings. The van der Waals surface area contributed by atoms with Crippen molar-refractivity contribution in [1.82, 2.24) is 0 Å². The van der Waals surface area contributed by atoms with Gasteiger partial charge in [0.05, 0.1) is 0 Å². The summed E-state index contributed by atoms with van der Waals surface area (Å²) in [5.74, 6) is -0.535. The summed E-state index contributed by atoms with van der Waals surface area (Å²) < 4.78 is 0. The van der Waals surface area contributed by atoms with E-state index in [9.17, 15) is 15.0 Å². The smallest absolute Gasteiger partial charge is 0.117 e. The van der Waals surface area contributed by atoms with Crippen LogP contribution in [-0.4, -0.2) is 23.2 Å². The second-order valence-electron chi connectivity index (χ2n) is 5.52. The lowest BCUT2D eigenvalue weighted by Gasteiger charge is -2.51. The molecule has 3 aliphatic carbocycles. The number of aliphatic carboxylic acids is 1. The number of aliphatic hydroxyl groups is 1. The molecule has 0 aromatic carbocycles. The summed E-state index contributed by atoms with van der Waals surface area (Å²) in [5.41, 5.74) is 4.22. The highest BCUT2D eigenvalue weighted by atomic mass is 16.4. The van der Waals surface area contributed by atoms with E-state index in [1.165, 1.54) is 0 Å². The average molecular weight is 227 g/mol. The van der Waals surface area contributed by atoms with E-state index in [0.717, 1.165) is 32.1 Å². The van der Waals surface area contributed by atoms with Gasteiger partial charge in [0.15, 0.2) is 0 Å². The summed E-state index contributed by atoms with van der Waals surface area (Å²) in [5, 5.41) is 20.5. The maximum absolute atomic E-state index is 10.4. The van der Waals surface area contributed by atoms with Gasteiger partial charge in [0.1, 0.15) is 12.1 Å². The van der Waals surface area contributed by atoms with Crippen LogP contribution in [0.15, 0.2) is 0 Å². The molecular formula is C12H21NO3. The number of carbonyl (C=O) groups excluding carboxylic acids is 1. The molecule has 0 aliphatic heterocycles. The Morgan fingerprint density at radius 3 is 2.62 bits per heavy atom. The molecule has 2 bridgehead atoms. The van der Waals surface area contributed by atoms with Gasteiger partial charge in [-0.05, 0) is 50.9 Å². The van der Waals surface area contributed by atoms with Crippen molar-refractivity contribution in [3.8, 4) is 0 Å². The van der Waals surface area contributed by atoms with Crippen LogP contribution >= 0.6 is 0 Å². The first-order chi connectivity index (χ1) is 7.55. The summed E-state index contributed by atoms with van der Waals surface area (Å²) >= 11 is 0. The second-order valence-corrected chi connectivity index (χ2v) is 5.52. The molecule has 3 rings (SSSR count). The average Bonchev–Trinajstić information content (AvgIpc) is 2.25. The molecule has 0 radical (unpaired) electrons. The lowest BCUT2D eigenvalue weighted by Crippen LogP contribution is -2.77. The Morgan fingerprint density at radius 1 is 1.44 bits per heavy atom. The summed E-state index contributed by atoms with van der Waals surface area (Å²) in [6.45, 7) is 0. The van der Waals surface area contributed by atoms with Crippen LogP contribution in [0.3, 0.4) is 0 Å². The number of carboxylic acid groups (broad SMARTS) is 1. The van der Waals surface area contributed by atoms with Crippen LogP contribution in [0, 0.1) is 11.3 Å². The van der Waals surface area contributed by atoms with Gasteiger partial charge in [0.2, 0.25) is 0 Å². The number of hydrogen-bond donors (Lipinski definition) is 2. The van der Waals surface area contributed by atoms with Gasteiger partial charge < -0.3 is 20.7 Å². The Kier molecular flexibility index (Phi) is 3.22. The molecule has 0 heterocycles. The first-order valence-electron chi connectivity index (χ1n) is 6.26. The quantitative estimate of drug-likeness (QED) is 0.650. The Hall–Kier alpha value is -0.610. The number of carbonyl (C=O) groups is 1. The highest BCUT2D eigenvalue weighted by Crippen LogP contribution is 2.51. The van der Waals surface area contributed by atoms with Crippen molar-refractivity contribution < 1.29 is 20.7 Å². The van der Waals surface area contributed by atoms with E-state index in [4.69, 9.17) is 0 Å². The van der Waals surface area contributed by atoms with Crippen LogP contribution < -0.4 is 10.8 Å². The first kappa shape index (κ1) is 11.9. The number of rotatable bonds is 4. The summed E-state index contributed by atoms with van der Waals surface area (Å²) in [6.07, 6.45) is 5.77. The Bertz CT molecular complexity index is 271. The molecule has 4 heteroatoms. The lowest BCUT2D eigenvalue weighted by atomic mass is 9.55. The van der Waals surface area contributed by atoms with Crippen LogP contribution in [0.25, 0.3) is 0 Å². The third-order valence-electron chi connectivity index (χ3n) is 4.76. The lowest BCUT2D eigenvalue weighted by molar-refractivity contribution is -0.483. The molecule has 0 spiro atoms. The van der Waals surface area contributed by atoms with Gasteiger partial charge in [-0.3, -0.25) is 0 Å². The fraction of sp³-hybridized carbons (Fsp3) is 0.917. The molecule has 2 unspecified atom stereocenters. The Labute approximate surface area is 95.8 Å². The van der Waals surface area contributed by atoms with Crippen LogP contribution in [-0.2, 0) is 4.79 Å². The minimum Gasteiger partial charge on any atom is -0.550 e. The van der Waals surface area contributed by atoms with Crippen LogP contribution in [0.2, 0.25) is 0 Å². The summed E-state index contributed by atoms with van der Waals surface area (Å²) in [7, 11) is 0. The molecule has 16 heavy (non-hydrogen) atoms. The zero-order valence-electron chi connectivity index (χ0n) is 9.65. The molecule has 0 amide bonds. The maximum atomic E-state index is 10.4. The fourth-order valence-corrected chi connectivity index (χ4v) is 3.64. The molecule has 4 N–H and O–H groups in total. The van der Waals surface area contributed by atoms with Gasteiger partial charge in [0, 0.05) is 11.4 Å². The first-order valence-corrected chi connectivity index (χ1v) is 6.26. The molecule has 3 aliphatic rings. The Balaban J connectivity index is 1.96. The van der Waals surface area contributed by atoms with E-state index in [0.29, 0.717) is 12.3 Å². The summed E-state index contributed by atoms with van der Waals surface area (Å²) in [4.78, 5) is 10.4. The van der Waals surface area contributed by atoms with Crippen LogP contribution in [0.4, 0.5) is 0 Å². The van der Waals surface area contributed by atoms with E-state index in [-0.39, 0.29) is 24.0 Å². The normalized spacial score (nSPS) is 42.2. The van der Waals surface area contributed by atoms with Crippen LogP contribution in [0.5, 0.6) is 0 Å². The van der Waals surface area contributed by atoms with E-state index < -0.39 is 5.97 Å². The Morgan fingerprint density at radius 2 is 2.06 bits per heavy atom. The molecule has 4 nitrogen and oxygen atoms in total. The van der Waals surface area contributed by atoms with Gasteiger partial charge in [0.25, 0.3) is 0 Å².